The van der Waals surface area contributed by atoms with Crippen molar-refractivity contribution in [1.82, 2.24) is 10.5 Å². The fourth-order valence-corrected chi connectivity index (χ4v) is 2.39. The number of nitrogens with one attached hydrogen (secondary N) is 1. The number of ether oxygens (including phenoxy) is 1. The Balaban J connectivity index is 2.03. The van der Waals surface area contributed by atoms with Gasteiger partial charge in [-0.15, -0.1) is 0 Å². The van der Waals surface area contributed by atoms with Crippen LogP contribution in [-0.2, 0) is 4.74 Å². The van der Waals surface area contributed by atoms with Crippen LogP contribution >= 0.6 is 15.9 Å². The molecule has 0 atom stereocenters. The molecule has 0 spiro atoms. The lowest BCUT2D eigenvalue weighted by Gasteiger charge is -2.08. The van der Waals surface area contributed by atoms with Crippen molar-refractivity contribution in [2.45, 2.75) is 33.3 Å². The Morgan fingerprint density at radius 1 is 1.35 bits per heavy atom. The lowest BCUT2D eigenvalue weighted by Crippen LogP contribution is -2.26. The van der Waals surface area contributed by atoms with E-state index in [9.17, 15) is 4.79 Å². The van der Waals surface area contributed by atoms with Crippen LogP contribution < -0.4 is 5.32 Å². The van der Waals surface area contributed by atoms with Gasteiger partial charge in [0.15, 0.2) is 0 Å². The lowest BCUT2D eigenvalue weighted by atomic mass is 10.1. The Kier molecular flexibility index (Phi) is 6.36. The fourth-order valence-electron chi connectivity index (χ4n) is 2.13. The molecule has 2 aromatic rings. The molecule has 1 amide bonds. The third-order valence-corrected chi connectivity index (χ3v) is 3.79. The number of amides is 1. The molecular formula is C17H21BrN2O3. The molecule has 124 valence electrons. The Bertz CT molecular complexity index is 650. The van der Waals surface area contributed by atoms with E-state index >= 15 is 0 Å². The maximum Gasteiger partial charge on any atom is 0.257 e. The standard InChI is InChI=1S/C17H21BrN2O3/c1-11(2)22-10-4-9-19-17(21)15-12(3)23-20-16(15)13-5-7-14(18)8-6-13/h5-8,11H,4,9-10H2,1-3H3,(H,19,21). The predicted octanol–water partition coefficient (Wildman–Crippen LogP) is 3.96. The average Bonchev–Trinajstić information content (AvgIpc) is 2.89. The molecule has 2 rings (SSSR count). The molecule has 23 heavy (non-hydrogen) atoms. The summed E-state index contributed by atoms with van der Waals surface area (Å²) in [5.74, 6) is 0.338. The molecule has 1 N–H and O–H groups in total. The first-order chi connectivity index (χ1) is 11.0. The zero-order valence-corrected chi connectivity index (χ0v) is 15.1. The van der Waals surface area contributed by atoms with E-state index in [1.807, 2.05) is 38.1 Å². The number of halogens is 1. The van der Waals surface area contributed by atoms with Gasteiger partial charge in [0.05, 0.1) is 6.10 Å². The minimum absolute atomic E-state index is 0.175. The first-order valence-electron chi connectivity index (χ1n) is 7.61. The van der Waals surface area contributed by atoms with E-state index in [2.05, 4.69) is 26.4 Å². The summed E-state index contributed by atoms with van der Waals surface area (Å²) in [5.41, 5.74) is 1.89. The molecule has 0 aliphatic carbocycles. The summed E-state index contributed by atoms with van der Waals surface area (Å²) in [6.45, 7) is 6.90. The number of nitrogens with zero attached hydrogens (tertiary/aromatic N) is 1. The van der Waals surface area contributed by atoms with Crippen LogP contribution in [-0.4, -0.2) is 30.3 Å². The highest BCUT2D eigenvalue weighted by atomic mass is 79.9. The van der Waals surface area contributed by atoms with Gasteiger partial charge in [0.1, 0.15) is 17.0 Å². The third-order valence-electron chi connectivity index (χ3n) is 3.27. The van der Waals surface area contributed by atoms with Gasteiger partial charge >= 0.3 is 0 Å². The second kappa shape index (κ2) is 8.26. The van der Waals surface area contributed by atoms with Crippen LogP contribution in [0.15, 0.2) is 33.3 Å². The van der Waals surface area contributed by atoms with Gasteiger partial charge in [0.2, 0.25) is 0 Å². The van der Waals surface area contributed by atoms with E-state index in [1.165, 1.54) is 0 Å². The number of carbonyl (C=O) groups excluding carboxylic acids is 1. The van der Waals surface area contributed by atoms with Gasteiger partial charge in [-0.25, -0.2) is 0 Å². The molecule has 0 unspecified atom stereocenters. The SMILES string of the molecule is Cc1onc(-c2ccc(Br)cc2)c1C(=O)NCCCOC(C)C. The summed E-state index contributed by atoms with van der Waals surface area (Å²) in [6.07, 6.45) is 0.969. The zero-order valence-electron chi connectivity index (χ0n) is 13.6. The number of aromatic nitrogens is 1. The van der Waals surface area contributed by atoms with E-state index in [0.29, 0.717) is 30.2 Å². The van der Waals surface area contributed by atoms with E-state index in [-0.39, 0.29) is 12.0 Å². The minimum atomic E-state index is -0.175. The van der Waals surface area contributed by atoms with Crippen LogP contribution in [0.5, 0.6) is 0 Å². The summed E-state index contributed by atoms with van der Waals surface area (Å²) in [6, 6.07) is 7.61. The zero-order chi connectivity index (χ0) is 16.8. The van der Waals surface area contributed by atoms with Crippen LogP contribution in [0.2, 0.25) is 0 Å². The summed E-state index contributed by atoms with van der Waals surface area (Å²) in [5, 5.41) is 6.92. The number of rotatable bonds is 7. The maximum absolute atomic E-state index is 12.4. The van der Waals surface area contributed by atoms with Gasteiger partial charge in [0.25, 0.3) is 5.91 Å². The number of aryl methyl sites for hydroxylation is 1. The molecule has 5 nitrogen and oxygen atoms in total. The maximum atomic E-state index is 12.4. The van der Waals surface area contributed by atoms with E-state index < -0.39 is 0 Å². The lowest BCUT2D eigenvalue weighted by molar-refractivity contribution is 0.0757. The molecule has 0 aliphatic rings. The van der Waals surface area contributed by atoms with Gasteiger partial charge in [-0.05, 0) is 39.3 Å². The summed E-state index contributed by atoms with van der Waals surface area (Å²) in [7, 11) is 0. The first-order valence-corrected chi connectivity index (χ1v) is 8.40. The summed E-state index contributed by atoms with van der Waals surface area (Å²) < 4.78 is 11.6. The predicted molar refractivity (Wildman–Crippen MR) is 92.4 cm³/mol. The smallest absolute Gasteiger partial charge is 0.257 e. The molecule has 0 fully saturated rings. The van der Waals surface area contributed by atoms with Gasteiger partial charge in [0, 0.05) is 23.2 Å². The van der Waals surface area contributed by atoms with E-state index in [4.69, 9.17) is 9.26 Å². The Labute approximate surface area is 144 Å². The van der Waals surface area contributed by atoms with Crippen molar-refractivity contribution >= 4 is 21.8 Å². The first kappa shape index (κ1) is 17.7. The van der Waals surface area contributed by atoms with Gasteiger partial charge in [-0.2, -0.15) is 0 Å². The molecule has 0 saturated carbocycles. The Morgan fingerprint density at radius 2 is 2.04 bits per heavy atom. The van der Waals surface area contributed by atoms with Crippen molar-refractivity contribution in [3.8, 4) is 11.3 Å². The van der Waals surface area contributed by atoms with Gasteiger partial charge in [-0.3, -0.25) is 4.79 Å². The Hall–Kier alpha value is -1.66. The fraction of sp³-hybridized carbons (Fsp3) is 0.412. The Morgan fingerprint density at radius 3 is 2.70 bits per heavy atom. The number of hydrogen-bond acceptors (Lipinski definition) is 4. The summed E-state index contributed by atoms with van der Waals surface area (Å²) in [4.78, 5) is 12.4. The molecule has 1 heterocycles. The second-order valence-corrected chi connectivity index (χ2v) is 6.41. The highest BCUT2D eigenvalue weighted by molar-refractivity contribution is 9.10. The molecule has 0 radical (unpaired) electrons. The minimum Gasteiger partial charge on any atom is -0.379 e. The van der Waals surface area contributed by atoms with Crippen LogP contribution in [0.25, 0.3) is 11.3 Å². The highest BCUT2D eigenvalue weighted by Crippen LogP contribution is 2.26. The van der Waals surface area contributed by atoms with Crippen molar-refractivity contribution in [3.63, 3.8) is 0 Å². The van der Waals surface area contributed by atoms with Crippen molar-refractivity contribution in [3.05, 3.63) is 40.1 Å². The topological polar surface area (TPSA) is 64.4 Å². The molecule has 0 aliphatic heterocycles. The number of carbonyl (C=O) groups is 1. The highest BCUT2D eigenvalue weighted by Gasteiger charge is 2.21. The molecule has 0 bridgehead atoms. The quantitative estimate of drug-likeness (QED) is 0.738. The second-order valence-electron chi connectivity index (χ2n) is 5.50. The number of hydrogen-bond donors (Lipinski definition) is 1. The van der Waals surface area contributed by atoms with Crippen LogP contribution in [0, 0.1) is 6.92 Å². The van der Waals surface area contributed by atoms with E-state index in [0.717, 1.165) is 16.5 Å². The molecule has 1 aromatic carbocycles. The molecule has 6 heteroatoms. The van der Waals surface area contributed by atoms with Crippen molar-refractivity contribution < 1.29 is 14.1 Å². The van der Waals surface area contributed by atoms with Crippen molar-refractivity contribution in [1.29, 1.82) is 0 Å². The van der Waals surface area contributed by atoms with Gasteiger partial charge in [-0.1, -0.05) is 33.2 Å². The number of benzene rings is 1. The normalized spacial score (nSPS) is 11.0. The molecular weight excluding hydrogens is 360 g/mol. The molecule has 0 saturated heterocycles. The van der Waals surface area contributed by atoms with Gasteiger partial charge < -0.3 is 14.6 Å². The largest absolute Gasteiger partial charge is 0.379 e. The average molecular weight is 381 g/mol. The summed E-state index contributed by atoms with van der Waals surface area (Å²) >= 11 is 3.39. The van der Waals surface area contributed by atoms with Crippen molar-refractivity contribution in [2.75, 3.05) is 13.2 Å². The van der Waals surface area contributed by atoms with Crippen LogP contribution in [0.3, 0.4) is 0 Å². The third kappa shape index (κ3) is 4.91. The van der Waals surface area contributed by atoms with Crippen molar-refractivity contribution in [2.24, 2.45) is 0 Å². The molecule has 1 aromatic heterocycles. The van der Waals surface area contributed by atoms with Crippen LogP contribution in [0.1, 0.15) is 36.4 Å². The monoisotopic (exact) mass is 380 g/mol. The van der Waals surface area contributed by atoms with E-state index in [1.54, 1.807) is 6.92 Å². The van der Waals surface area contributed by atoms with Crippen LogP contribution in [0.4, 0.5) is 0 Å².